The van der Waals surface area contributed by atoms with Crippen LogP contribution in [0.25, 0.3) is 0 Å². The van der Waals surface area contributed by atoms with E-state index >= 15 is 0 Å². The summed E-state index contributed by atoms with van der Waals surface area (Å²) in [5.41, 5.74) is 3.84. The molecule has 2 aromatic rings. The molecule has 0 aromatic heterocycles. The SMILES string of the molecule is Cc1cccc(CC(CO)Cc2cccc(Br)c2)c1. The Morgan fingerprint density at radius 3 is 2.21 bits per heavy atom. The number of benzene rings is 2. The fraction of sp³-hybridized carbons (Fsp3) is 0.294. The van der Waals surface area contributed by atoms with Gasteiger partial charge >= 0.3 is 0 Å². The molecule has 2 rings (SSSR count). The second-order valence-electron chi connectivity index (χ2n) is 5.08. The van der Waals surface area contributed by atoms with E-state index in [0.29, 0.717) is 0 Å². The van der Waals surface area contributed by atoms with E-state index in [1.165, 1.54) is 16.7 Å². The van der Waals surface area contributed by atoms with Gasteiger partial charge in [0, 0.05) is 11.1 Å². The molecular formula is C17H19BrO. The van der Waals surface area contributed by atoms with Gasteiger partial charge in [-0.15, -0.1) is 0 Å². The highest BCUT2D eigenvalue weighted by Gasteiger charge is 2.10. The van der Waals surface area contributed by atoms with Gasteiger partial charge in [-0.2, -0.15) is 0 Å². The van der Waals surface area contributed by atoms with Crippen LogP contribution < -0.4 is 0 Å². The van der Waals surface area contributed by atoms with Crippen LogP contribution in [0, 0.1) is 12.8 Å². The summed E-state index contributed by atoms with van der Waals surface area (Å²) in [7, 11) is 0. The van der Waals surface area contributed by atoms with E-state index in [0.717, 1.165) is 17.3 Å². The number of halogens is 1. The fourth-order valence-corrected chi connectivity index (χ4v) is 2.82. The minimum absolute atomic E-state index is 0.223. The number of rotatable bonds is 5. The van der Waals surface area contributed by atoms with E-state index in [-0.39, 0.29) is 12.5 Å². The highest BCUT2D eigenvalue weighted by Crippen LogP contribution is 2.18. The first-order valence-corrected chi connectivity index (χ1v) is 7.37. The topological polar surface area (TPSA) is 20.2 Å². The monoisotopic (exact) mass is 318 g/mol. The zero-order chi connectivity index (χ0) is 13.7. The lowest BCUT2D eigenvalue weighted by Crippen LogP contribution is -2.13. The number of aryl methyl sites for hydroxylation is 1. The first kappa shape index (κ1) is 14.3. The quantitative estimate of drug-likeness (QED) is 0.878. The van der Waals surface area contributed by atoms with Crippen molar-refractivity contribution in [3.8, 4) is 0 Å². The summed E-state index contributed by atoms with van der Waals surface area (Å²) in [5.74, 6) is 0.274. The molecule has 100 valence electrons. The number of aliphatic hydroxyl groups excluding tert-OH is 1. The van der Waals surface area contributed by atoms with Gasteiger partial charge in [0.25, 0.3) is 0 Å². The average molecular weight is 319 g/mol. The van der Waals surface area contributed by atoms with Crippen LogP contribution in [0.1, 0.15) is 16.7 Å². The van der Waals surface area contributed by atoms with Crippen molar-refractivity contribution >= 4 is 15.9 Å². The Balaban J connectivity index is 2.04. The maximum absolute atomic E-state index is 9.58. The van der Waals surface area contributed by atoms with Crippen LogP contribution in [-0.2, 0) is 12.8 Å². The van der Waals surface area contributed by atoms with Crippen molar-refractivity contribution in [1.29, 1.82) is 0 Å². The minimum Gasteiger partial charge on any atom is -0.396 e. The molecule has 1 unspecified atom stereocenters. The van der Waals surface area contributed by atoms with E-state index in [1.54, 1.807) is 0 Å². The average Bonchev–Trinajstić information content (AvgIpc) is 2.38. The predicted molar refractivity (Wildman–Crippen MR) is 83.3 cm³/mol. The fourth-order valence-electron chi connectivity index (χ4n) is 2.37. The summed E-state index contributed by atoms with van der Waals surface area (Å²) in [6.07, 6.45) is 1.83. The molecule has 1 nitrogen and oxygen atoms in total. The molecule has 0 aliphatic heterocycles. The molecule has 0 aliphatic carbocycles. The lowest BCUT2D eigenvalue weighted by atomic mass is 9.93. The third-order valence-electron chi connectivity index (χ3n) is 3.28. The summed E-state index contributed by atoms with van der Waals surface area (Å²) in [6.45, 7) is 2.33. The van der Waals surface area contributed by atoms with Crippen molar-refractivity contribution < 1.29 is 5.11 Å². The molecule has 19 heavy (non-hydrogen) atoms. The second kappa shape index (κ2) is 6.88. The summed E-state index contributed by atoms with van der Waals surface area (Å²) in [4.78, 5) is 0. The standard InChI is InChI=1S/C17H19BrO/c1-13-4-2-5-14(8-13)9-16(12-19)10-15-6-3-7-17(18)11-15/h2-8,11,16,19H,9-10,12H2,1H3. The molecule has 0 bridgehead atoms. The second-order valence-corrected chi connectivity index (χ2v) is 5.99. The van der Waals surface area contributed by atoms with Gasteiger partial charge in [-0.1, -0.05) is 57.9 Å². The summed E-state index contributed by atoms with van der Waals surface area (Å²) >= 11 is 3.49. The molecule has 1 N–H and O–H groups in total. The van der Waals surface area contributed by atoms with E-state index < -0.39 is 0 Å². The highest BCUT2D eigenvalue weighted by molar-refractivity contribution is 9.10. The summed E-state index contributed by atoms with van der Waals surface area (Å²) < 4.78 is 1.09. The van der Waals surface area contributed by atoms with Gasteiger partial charge < -0.3 is 5.11 Å². The Kier molecular flexibility index (Phi) is 5.17. The molecule has 0 spiro atoms. The number of hydrogen-bond donors (Lipinski definition) is 1. The maximum atomic E-state index is 9.58. The minimum atomic E-state index is 0.223. The van der Waals surface area contributed by atoms with E-state index in [1.807, 2.05) is 12.1 Å². The Morgan fingerprint density at radius 1 is 1.00 bits per heavy atom. The van der Waals surface area contributed by atoms with Gasteiger partial charge in [0.1, 0.15) is 0 Å². The molecule has 0 saturated heterocycles. The Labute approximate surface area is 123 Å². The van der Waals surface area contributed by atoms with E-state index in [4.69, 9.17) is 0 Å². The first-order valence-electron chi connectivity index (χ1n) is 6.58. The molecule has 0 heterocycles. The van der Waals surface area contributed by atoms with Gasteiger partial charge in [-0.05, 0) is 48.9 Å². The smallest absolute Gasteiger partial charge is 0.0465 e. The molecular weight excluding hydrogens is 300 g/mol. The van der Waals surface area contributed by atoms with Crippen LogP contribution in [0.4, 0.5) is 0 Å². The van der Waals surface area contributed by atoms with Crippen LogP contribution in [0.2, 0.25) is 0 Å². The number of hydrogen-bond acceptors (Lipinski definition) is 1. The van der Waals surface area contributed by atoms with Crippen LogP contribution in [0.3, 0.4) is 0 Å². The van der Waals surface area contributed by atoms with Gasteiger partial charge in [-0.25, -0.2) is 0 Å². The molecule has 0 radical (unpaired) electrons. The third kappa shape index (κ3) is 4.48. The first-order chi connectivity index (χ1) is 9.17. The zero-order valence-corrected chi connectivity index (χ0v) is 12.7. The van der Waals surface area contributed by atoms with Crippen molar-refractivity contribution in [1.82, 2.24) is 0 Å². The third-order valence-corrected chi connectivity index (χ3v) is 3.77. The Hall–Kier alpha value is -1.12. The van der Waals surface area contributed by atoms with E-state index in [2.05, 4.69) is 59.3 Å². The predicted octanol–water partition coefficient (Wildman–Crippen LogP) is 4.15. The number of aliphatic hydroxyl groups is 1. The molecule has 2 heteroatoms. The lowest BCUT2D eigenvalue weighted by Gasteiger charge is -2.15. The maximum Gasteiger partial charge on any atom is 0.0465 e. The molecule has 0 saturated carbocycles. The van der Waals surface area contributed by atoms with Gasteiger partial charge in [-0.3, -0.25) is 0 Å². The summed E-state index contributed by atoms with van der Waals surface area (Å²) in [5, 5.41) is 9.58. The van der Waals surface area contributed by atoms with Crippen molar-refractivity contribution in [2.24, 2.45) is 5.92 Å². The van der Waals surface area contributed by atoms with Crippen molar-refractivity contribution in [2.75, 3.05) is 6.61 Å². The van der Waals surface area contributed by atoms with Gasteiger partial charge in [0.15, 0.2) is 0 Å². The van der Waals surface area contributed by atoms with Gasteiger partial charge in [0.05, 0.1) is 0 Å². The van der Waals surface area contributed by atoms with Gasteiger partial charge in [0.2, 0.25) is 0 Å². The molecule has 1 atom stereocenters. The summed E-state index contributed by atoms with van der Waals surface area (Å²) in [6, 6.07) is 16.8. The van der Waals surface area contributed by atoms with E-state index in [9.17, 15) is 5.11 Å². The van der Waals surface area contributed by atoms with Crippen LogP contribution in [0.15, 0.2) is 53.0 Å². The van der Waals surface area contributed by atoms with Crippen LogP contribution >= 0.6 is 15.9 Å². The van der Waals surface area contributed by atoms with Crippen LogP contribution in [-0.4, -0.2) is 11.7 Å². The highest BCUT2D eigenvalue weighted by atomic mass is 79.9. The molecule has 0 amide bonds. The van der Waals surface area contributed by atoms with Crippen molar-refractivity contribution in [3.63, 3.8) is 0 Å². The van der Waals surface area contributed by atoms with Crippen LogP contribution in [0.5, 0.6) is 0 Å². The Bertz CT molecular complexity index is 489. The van der Waals surface area contributed by atoms with Crippen molar-refractivity contribution in [3.05, 3.63) is 69.7 Å². The van der Waals surface area contributed by atoms with Crippen molar-refractivity contribution in [2.45, 2.75) is 19.8 Å². The Morgan fingerprint density at radius 2 is 1.63 bits per heavy atom. The molecule has 0 fully saturated rings. The normalized spacial score (nSPS) is 12.4. The lowest BCUT2D eigenvalue weighted by molar-refractivity contribution is 0.225. The zero-order valence-electron chi connectivity index (χ0n) is 11.1. The molecule has 0 aliphatic rings. The molecule has 2 aromatic carbocycles. The largest absolute Gasteiger partial charge is 0.396 e.